The minimum atomic E-state index is -0.316. The Morgan fingerprint density at radius 1 is 1.29 bits per heavy atom. The zero-order valence-corrected chi connectivity index (χ0v) is 15.5. The number of carbonyl (C=O) groups excluding carboxylic acids is 1. The van der Waals surface area contributed by atoms with E-state index in [1.807, 2.05) is 13.8 Å². The summed E-state index contributed by atoms with van der Waals surface area (Å²) in [5.41, 5.74) is 2.84. The van der Waals surface area contributed by atoms with Crippen LogP contribution in [-0.4, -0.2) is 33.4 Å². The number of H-pyrrole nitrogens is 1. The fourth-order valence-electron chi connectivity index (χ4n) is 5.25. The quantitative estimate of drug-likeness (QED) is 0.926. The van der Waals surface area contributed by atoms with Crippen LogP contribution < -0.4 is 5.69 Å². The van der Waals surface area contributed by atoms with Crippen LogP contribution in [0.1, 0.15) is 63.4 Å². The van der Waals surface area contributed by atoms with Gasteiger partial charge in [0.25, 0.3) is 0 Å². The number of nitrogens with zero attached hydrogens (tertiary/aromatic N) is 2. The van der Waals surface area contributed by atoms with E-state index in [-0.39, 0.29) is 17.0 Å². The van der Waals surface area contributed by atoms with Crippen molar-refractivity contribution in [2.24, 2.45) is 10.8 Å². The highest BCUT2D eigenvalue weighted by Gasteiger charge is 2.50. The second-order valence-electron chi connectivity index (χ2n) is 8.97. The average molecular weight is 331 g/mol. The molecule has 1 N–H and O–H groups in total. The fourth-order valence-corrected chi connectivity index (χ4v) is 5.25. The van der Waals surface area contributed by atoms with Crippen LogP contribution in [-0.2, 0) is 11.2 Å². The van der Waals surface area contributed by atoms with Gasteiger partial charge in [-0.05, 0) is 55.9 Å². The van der Waals surface area contributed by atoms with Crippen molar-refractivity contribution in [3.05, 3.63) is 27.4 Å². The van der Waals surface area contributed by atoms with Gasteiger partial charge in [0.1, 0.15) is 0 Å². The molecule has 132 valence electrons. The van der Waals surface area contributed by atoms with Gasteiger partial charge in [-0.2, -0.15) is 4.98 Å². The Balaban J connectivity index is 1.70. The molecule has 0 spiro atoms. The number of hydrogen-bond acceptors (Lipinski definition) is 3. The highest BCUT2D eigenvalue weighted by molar-refractivity contribution is 5.77. The molecule has 0 aromatic carbocycles. The minimum absolute atomic E-state index is 0.242. The van der Waals surface area contributed by atoms with Gasteiger partial charge >= 0.3 is 5.69 Å². The Morgan fingerprint density at radius 2 is 2.00 bits per heavy atom. The lowest BCUT2D eigenvalue weighted by atomic mass is 9.65. The number of fused-ring (bicyclic) bond motifs is 2. The van der Waals surface area contributed by atoms with E-state index >= 15 is 0 Å². The molecule has 2 heterocycles. The van der Waals surface area contributed by atoms with Crippen molar-refractivity contribution in [3.63, 3.8) is 0 Å². The number of aromatic amines is 1. The number of amides is 1. The van der Waals surface area contributed by atoms with Crippen molar-refractivity contribution in [2.45, 2.75) is 72.8 Å². The molecule has 5 heteroatoms. The fraction of sp³-hybridized carbons (Fsp3) is 0.737. The molecule has 1 aliphatic heterocycles. The number of nitrogens with one attached hydrogen (secondary N) is 1. The third-order valence-corrected chi connectivity index (χ3v) is 5.78. The standard InChI is InChI=1S/C19H29N3O2/c1-12-15(13(2)21-17(24)20-12)6-7-16(23)22-11-19(5)9-14(22)8-18(3,4)10-19/h14H,6-11H2,1-5H3,(H,20,21,24)/t14-,19-/m0/s1. The monoisotopic (exact) mass is 331 g/mol. The summed E-state index contributed by atoms with van der Waals surface area (Å²) in [6, 6.07) is 0.391. The summed E-state index contributed by atoms with van der Waals surface area (Å²) < 4.78 is 0. The molecule has 1 saturated carbocycles. The Morgan fingerprint density at radius 3 is 2.67 bits per heavy atom. The summed E-state index contributed by atoms with van der Waals surface area (Å²) in [5.74, 6) is 0.242. The van der Waals surface area contributed by atoms with Crippen molar-refractivity contribution >= 4 is 5.91 Å². The largest absolute Gasteiger partial charge is 0.345 e. The van der Waals surface area contributed by atoms with E-state index in [1.165, 1.54) is 6.42 Å². The van der Waals surface area contributed by atoms with E-state index in [0.717, 1.165) is 36.3 Å². The van der Waals surface area contributed by atoms with Crippen molar-refractivity contribution in [3.8, 4) is 0 Å². The molecule has 5 nitrogen and oxygen atoms in total. The zero-order chi connectivity index (χ0) is 17.7. The van der Waals surface area contributed by atoms with Crippen LogP contribution in [0.5, 0.6) is 0 Å². The van der Waals surface area contributed by atoms with E-state index in [2.05, 4.69) is 35.6 Å². The van der Waals surface area contributed by atoms with E-state index in [9.17, 15) is 9.59 Å². The smallest absolute Gasteiger partial charge is 0.339 e. The van der Waals surface area contributed by atoms with Crippen LogP contribution in [0.25, 0.3) is 0 Å². The molecule has 1 amide bonds. The molecule has 24 heavy (non-hydrogen) atoms. The van der Waals surface area contributed by atoms with Crippen LogP contribution >= 0.6 is 0 Å². The van der Waals surface area contributed by atoms with E-state index in [1.54, 1.807) is 0 Å². The number of aryl methyl sites for hydroxylation is 2. The van der Waals surface area contributed by atoms with E-state index in [4.69, 9.17) is 0 Å². The SMILES string of the molecule is Cc1nc(=O)[nH]c(C)c1CCC(=O)N1C[C@@]2(C)C[C@@H]1CC(C)(C)C2. The van der Waals surface area contributed by atoms with Crippen molar-refractivity contribution < 1.29 is 4.79 Å². The van der Waals surface area contributed by atoms with Crippen LogP contribution in [0.15, 0.2) is 4.79 Å². The van der Waals surface area contributed by atoms with Crippen LogP contribution in [0.3, 0.4) is 0 Å². The van der Waals surface area contributed by atoms with Crippen LogP contribution in [0.4, 0.5) is 0 Å². The first-order valence-electron chi connectivity index (χ1n) is 8.94. The number of hydrogen-bond donors (Lipinski definition) is 1. The van der Waals surface area contributed by atoms with Gasteiger partial charge in [0.05, 0.1) is 0 Å². The third kappa shape index (κ3) is 3.26. The second-order valence-corrected chi connectivity index (χ2v) is 8.97. The lowest BCUT2D eigenvalue weighted by molar-refractivity contribution is -0.132. The number of carbonyl (C=O) groups is 1. The van der Waals surface area contributed by atoms with Crippen molar-refractivity contribution in [2.75, 3.05) is 6.54 Å². The first-order chi connectivity index (χ1) is 11.1. The summed E-state index contributed by atoms with van der Waals surface area (Å²) in [7, 11) is 0. The Kier molecular flexibility index (Phi) is 4.09. The van der Waals surface area contributed by atoms with Crippen LogP contribution in [0.2, 0.25) is 0 Å². The maximum Gasteiger partial charge on any atom is 0.345 e. The molecule has 1 aromatic heterocycles. The molecule has 1 saturated heterocycles. The summed E-state index contributed by atoms with van der Waals surface area (Å²) in [5, 5.41) is 0. The molecule has 2 atom stereocenters. The highest BCUT2D eigenvalue weighted by Crippen LogP contribution is 2.52. The molecular formula is C19H29N3O2. The predicted molar refractivity (Wildman–Crippen MR) is 93.9 cm³/mol. The summed E-state index contributed by atoms with van der Waals surface area (Å²) in [6.07, 6.45) is 4.57. The van der Waals surface area contributed by atoms with Crippen molar-refractivity contribution in [1.82, 2.24) is 14.9 Å². The topological polar surface area (TPSA) is 66.1 Å². The first-order valence-corrected chi connectivity index (χ1v) is 8.94. The van der Waals surface area contributed by atoms with Crippen molar-refractivity contribution in [1.29, 1.82) is 0 Å². The molecule has 0 radical (unpaired) electrons. The second kappa shape index (κ2) is 5.71. The van der Waals surface area contributed by atoms with Gasteiger partial charge in [-0.1, -0.05) is 20.8 Å². The van der Waals surface area contributed by atoms with E-state index < -0.39 is 0 Å². The molecule has 2 aliphatic rings. The van der Waals surface area contributed by atoms with Crippen LogP contribution in [0, 0.1) is 24.7 Å². The molecule has 1 aromatic rings. The summed E-state index contributed by atoms with van der Waals surface area (Å²) in [4.78, 5) is 33.0. The number of rotatable bonds is 3. The average Bonchev–Trinajstić information content (AvgIpc) is 2.66. The summed E-state index contributed by atoms with van der Waals surface area (Å²) in [6.45, 7) is 11.6. The van der Waals surface area contributed by atoms with E-state index in [0.29, 0.717) is 24.3 Å². The van der Waals surface area contributed by atoms with Gasteiger partial charge in [-0.25, -0.2) is 4.79 Å². The maximum atomic E-state index is 12.8. The highest BCUT2D eigenvalue weighted by atomic mass is 16.2. The zero-order valence-electron chi connectivity index (χ0n) is 15.5. The van der Waals surface area contributed by atoms with Gasteiger partial charge in [0.2, 0.25) is 5.91 Å². The van der Waals surface area contributed by atoms with Gasteiger partial charge in [0, 0.05) is 30.4 Å². The number of aromatic nitrogens is 2. The van der Waals surface area contributed by atoms with Gasteiger partial charge in [0.15, 0.2) is 0 Å². The van der Waals surface area contributed by atoms with Gasteiger partial charge in [-0.3, -0.25) is 4.79 Å². The van der Waals surface area contributed by atoms with Gasteiger partial charge in [-0.15, -0.1) is 0 Å². The molecule has 2 fully saturated rings. The Hall–Kier alpha value is -1.65. The number of likely N-dealkylation sites (tertiary alicyclic amines) is 1. The molecule has 1 aliphatic carbocycles. The first kappa shape index (κ1) is 17.2. The summed E-state index contributed by atoms with van der Waals surface area (Å²) >= 11 is 0. The normalized spacial score (nSPS) is 28.2. The third-order valence-electron chi connectivity index (χ3n) is 5.78. The lowest BCUT2D eigenvalue weighted by Crippen LogP contribution is -2.37. The maximum absolute atomic E-state index is 12.8. The lowest BCUT2D eigenvalue weighted by Gasteiger charge is -2.39. The molecular weight excluding hydrogens is 302 g/mol. The molecule has 2 bridgehead atoms. The molecule has 0 unspecified atom stereocenters. The predicted octanol–water partition coefficient (Wildman–Crippen LogP) is 2.75. The molecule has 3 rings (SSSR count). The Labute approximate surface area is 143 Å². The van der Waals surface area contributed by atoms with Gasteiger partial charge < -0.3 is 9.88 Å². The minimum Gasteiger partial charge on any atom is -0.339 e. The Bertz CT molecular complexity index is 696.